The first-order chi connectivity index (χ1) is 12.9. The Balaban J connectivity index is 1.97. The zero-order chi connectivity index (χ0) is 19.2. The van der Waals surface area contributed by atoms with Crippen LogP contribution in [0.2, 0.25) is 5.02 Å². The van der Waals surface area contributed by atoms with E-state index in [1.165, 1.54) is 7.11 Å². The highest BCUT2D eigenvalue weighted by Crippen LogP contribution is 2.51. The summed E-state index contributed by atoms with van der Waals surface area (Å²) in [4.78, 5) is 12.3. The van der Waals surface area contributed by atoms with Crippen LogP contribution in [0.4, 0.5) is 0 Å². The average molecular weight is 379 g/mol. The molecular weight excluding hydrogens is 360 g/mol. The van der Waals surface area contributed by atoms with E-state index in [4.69, 9.17) is 21.1 Å². The molecule has 1 aliphatic heterocycles. The first-order valence-electron chi connectivity index (χ1n) is 8.72. The summed E-state index contributed by atoms with van der Waals surface area (Å²) in [7, 11) is 1.36. The molecule has 3 aromatic carbocycles. The van der Waals surface area contributed by atoms with Crippen molar-refractivity contribution in [1.29, 1.82) is 0 Å². The van der Waals surface area contributed by atoms with E-state index < -0.39 is 5.97 Å². The van der Waals surface area contributed by atoms with Crippen LogP contribution in [0.3, 0.4) is 0 Å². The number of rotatable bonds is 2. The third kappa shape index (κ3) is 2.79. The lowest BCUT2D eigenvalue weighted by Gasteiger charge is -2.35. The van der Waals surface area contributed by atoms with Crippen molar-refractivity contribution in [2.75, 3.05) is 7.11 Å². The number of halogens is 1. The molecule has 136 valence electrons. The summed E-state index contributed by atoms with van der Waals surface area (Å²) in [6.07, 6.45) is 0. The van der Waals surface area contributed by atoms with E-state index in [-0.39, 0.29) is 5.41 Å². The predicted octanol–water partition coefficient (Wildman–Crippen LogP) is 6.23. The van der Waals surface area contributed by atoms with Gasteiger partial charge in [0.2, 0.25) is 0 Å². The molecule has 1 heterocycles. The van der Waals surface area contributed by atoms with Crippen LogP contribution in [0.1, 0.15) is 35.3 Å². The fourth-order valence-electron chi connectivity index (χ4n) is 3.71. The predicted molar refractivity (Wildman–Crippen MR) is 107 cm³/mol. The van der Waals surface area contributed by atoms with Crippen molar-refractivity contribution in [2.45, 2.75) is 19.3 Å². The Labute approximate surface area is 163 Å². The molecule has 0 bridgehead atoms. The first kappa shape index (κ1) is 17.6. The van der Waals surface area contributed by atoms with Gasteiger partial charge in [-0.05, 0) is 18.2 Å². The van der Waals surface area contributed by atoms with E-state index in [1.807, 2.05) is 36.4 Å². The molecule has 4 rings (SSSR count). The SMILES string of the molecule is COC(=O)c1cc(Cl)ccc1-c1cccc2c1Oc1ccccc1C2(C)C. The molecule has 4 heteroatoms. The third-order valence-electron chi connectivity index (χ3n) is 5.14. The molecule has 0 saturated heterocycles. The molecule has 0 amide bonds. The number of methoxy groups -OCH3 is 1. The number of para-hydroxylation sites is 2. The zero-order valence-electron chi connectivity index (χ0n) is 15.4. The van der Waals surface area contributed by atoms with Gasteiger partial charge in [-0.2, -0.15) is 0 Å². The van der Waals surface area contributed by atoms with Gasteiger partial charge in [0.05, 0.1) is 12.7 Å². The molecule has 0 aliphatic carbocycles. The van der Waals surface area contributed by atoms with Crippen LogP contribution in [-0.4, -0.2) is 13.1 Å². The van der Waals surface area contributed by atoms with Crippen molar-refractivity contribution >= 4 is 17.6 Å². The highest BCUT2D eigenvalue weighted by atomic mass is 35.5. The summed E-state index contributed by atoms with van der Waals surface area (Å²) in [6, 6.07) is 19.3. The highest BCUT2D eigenvalue weighted by Gasteiger charge is 2.35. The third-order valence-corrected chi connectivity index (χ3v) is 5.37. The maximum absolute atomic E-state index is 12.3. The van der Waals surface area contributed by atoms with E-state index in [0.717, 1.165) is 33.8 Å². The van der Waals surface area contributed by atoms with E-state index >= 15 is 0 Å². The van der Waals surface area contributed by atoms with E-state index in [9.17, 15) is 4.79 Å². The Kier molecular flexibility index (Phi) is 4.20. The summed E-state index contributed by atoms with van der Waals surface area (Å²) in [5.41, 5.74) is 3.98. The minimum atomic E-state index is -0.430. The van der Waals surface area contributed by atoms with Crippen LogP contribution in [-0.2, 0) is 10.2 Å². The van der Waals surface area contributed by atoms with Crippen molar-refractivity contribution in [3.8, 4) is 22.6 Å². The van der Waals surface area contributed by atoms with Crippen LogP contribution in [0.15, 0.2) is 60.7 Å². The summed E-state index contributed by atoms with van der Waals surface area (Å²) in [5, 5.41) is 0.482. The second kappa shape index (κ2) is 6.43. The Hall–Kier alpha value is -2.78. The molecule has 0 unspecified atom stereocenters. The fraction of sp³-hybridized carbons (Fsp3) is 0.174. The second-order valence-corrected chi connectivity index (χ2v) is 7.52. The molecule has 0 aromatic heterocycles. The van der Waals surface area contributed by atoms with Crippen molar-refractivity contribution in [2.24, 2.45) is 0 Å². The number of carbonyl (C=O) groups excluding carboxylic acids is 1. The van der Waals surface area contributed by atoms with Crippen molar-refractivity contribution in [3.63, 3.8) is 0 Å². The maximum atomic E-state index is 12.3. The zero-order valence-corrected chi connectivity index (χ0v) is 16.1. The number of benzene rings is 3. The average Bonchev–Trinajstić information content (AvgIpc) is 2.67. The minimum absolute atomic E-state index is 0.224. The van der Waals surface area contributed by atoms with Crippen molar-refractivity contribution < 1.29 is 14.3 Å². The van der Waals surface area contributed by atoms with Crippen LogP contribution in [0.5, 0.6) is 11.5 Å². The van der Waals surface area contributed by atoms with Gasteiger partial charge in [-0.3, -0.25) is 0 Å². The Morgan fingerprint density at radius 2 is 1.70 bits per heavy atom. The van der Waals surface area contributed by atoms with Gasteiger partial charge in [-0.25, -0.2) is 4.79 Å². The number of hydrogen-bond donors (Lipinski definition) is 0. The van der Waals surface area contributed by atoms with Crippen LogP contribution in [0.25, 0.3) is 11.1 Å². The Bertz CT molecular complexity index is 1050. The van der Waals surface area contributed by atoms with Crippen LogP contribution in [0, 0.1) is 0 Å². The topological polar surface area (TPSA) is 35.5 Å². The fourth-order valence-corrected chi connectivity index (χ4v) is 3.88. The van der Waals surface area contributed by atoms with Crippen LogP contribution < -0.4 is 4.74 Å². The quantitative estimate of drug-likeness (QED) is 0.496. The number of hydrogen-bond acceptors (Lipinski definition) is 3. The van der Waals surface area contributed by atoms with Gasteiger partial charge in [-0.15, -0.1) is 0 Å². The van der Waals surface area contributed by atoms with E-state index in [0.29, 0.717) is 10.6 Å². The van der Waals surface area contributed by atoms with Crippen molar-refractivity contribution in [1.82, 2.24) is 0 Å². The summed E-state index contributed by atoms with van der Waals surface area (Å²) < 4.78 is 11.3. The number of carbonyl (C=O) groups is 1. The Morgan fingerprint density at radius 1 is 0.963 bits per heavy atom. The highest BCUT2D eigenvalue weighted by molar-refractivity contribution is 6.31. The van der Waals surface area contributed by atoms with Gasteiger partial charge in [-0.1, -0.05) is 67.9 Å². The molecule has 0 atom stereocenters. The van der Waals surface area contributed by atoms with Gasteiger partial charge < -0.3 is 9.47 Å². The number of fused-ring (bicyclic) bond motifs is 2. The lowest BCUT2D eigenvalue weighted by atomic mass is 9.74. The minimum Gasteiger partial charge on any atom is -0.465 e. The molecule has 3 nitrogen and oxygen atoms in total. The number of ether oxygens (including phenoxy) is 2. The van der Waals surface area contributed by atoms with Gasteiger partial charge >= 0.3 is 5.97 Å². The first-order valence-corrected chi connectivity index (χ1v) is 9.10. The molecule has 0 radical (unpaired) electrons. The van der Waals surface area contributed by atoms with E-state index in [1.54, 1.807) is 12.1 Å². The lowest BCUT2D eigenvalue weighted by Crippen LogP contribution is -2.24. The molecule has 0 N–H and O–H groups in total. The van der Waals surface area contributed by atoms with E-state index in [2.05, 4.69) is 26.0 Å². The Morgan fingerprint density at radius 3 is 2.48 bits per heavy atom. The lowest BCUT2D eigenvalue weighted by molar-refractivity contribution is 0.0601. The van der Waals surface area contributed by atoms with Gasteiger partial charge in [0.25, 0.3) is 0 Å². The normalized spacial score (nSPS) is 13.9. The second-order valence-electron chi connectivity index (χ2n) is 7.09. The monoisotopic (exact) mass is 378 g/mol. The van der Waals surface area contributed by atoms with Gasteiger partial charge in [0, 0.05) is 32.7 Å². The molecule has 0 saturated carbocycles. The smallest absolute Gasteiger partial charge is 0.338 e. The number of esters is 1. The standard InChI is InChI=1S/C23H19ClO3/c1-23(2)18-8-4-5-10-20(18)27-21-16(7-6-9-19(21)23)15-12-11-14(24)13-17(15)22(25)26-3/h4-13H,1-3H3. The molecule has 1 aliphatic rings. The maximum Gasteiger partial charge on any atom is 0.338 e. The molecule has 0 fully saturated rings. The summed E-state index contributed by atoms with van der Waals surface area (Å²) in [5.74, 6) is 1.16. The molecular formula is C23H19ClO3. The molecule has 3 aromatic rings. The summed E-state index contributed by atoms with van der Waals surface area (Å²) >= 11 is 6.12. The van der Waals surface area contributed by atoms with Gasteiger partial charge in [0.15, 0.2) is 0 Å². The molecule has 0 spiro atoms. The largest absolute Gasteiger partial charge is 0.465 e. The molecule has 27 heavy (non-hydrogen) atoms. The van der Waals surface area contributed by atoms with Crippen molar-refractivity contribution in [3.05, 3.63) is 82.4 Å². The van der Waals surface area contributed by atoms with Crippen LogP contribution >= 0.6 is 11.6 Å². The summed E-state index contributed by atoms with van der Waals surface area (Å²) in [6.45, 7) is 4.36. The van der Waals surface area contributed by atoms with Gasteiger partial charge in [0.1, 0.15) is 11.5 Å².